The summed E-state index contributed by atoms with van der Waals surface area (Å²) in [4.78, 5) is 13.8. The van der Waals surface area contributed by atoms with Crippen LogP contribution in [-0.4, -0.2) is 49.8 Å². The molecule has 0 saturated carbocycles. The van der Waals surface area contributed by atoms with Crippen LogP contribution in [-0.2, 0) is 4.79 Å². The van der Waals surface area contributed by atoms with Crippen LogP contribution in [0.25, 0.3) is 0 Å². The molecule has 0 aliphatic heterocycles. The number of nitrogen functional groups attached to an aromatic ring is 1. The maximum atomic E-state index is 11.8. The summed E-state index contributed by atoms with van der Waals surface area (Å²) in [6, 6.07) is 5.11. The molecule has 1 rings (SSSR count). The number of hydrogen-bond acceptors (Lipinski definition) is 5. The normalized spacial score (nSPS) is 10.6. The Morgan fingerprint density at radius 3 is 2.85 bits per heavy atom. The van der Waals surface area contributed by atoms with Gasteiger partial charge in [-0.3, -0.25) is 4.79 Å². The summed E-state index contributed by atoms with van der Waals surface area (Å²) in [5, 5.41) is 11.6. The van der Waals surface area contributed by atoms with Crippen LogP contribution in [0.1, 0.15) is 12.8 Å². The molecule has 1 aromatic carbocycles. The summed E-state index contributed by atoms with van der Waals surface area (Å²) in [7, 11) is 3.45. The van der Waals surface area contributed by atoms with Crippen molar-refractivity contribution in [1.29, 1.82) is 0 Å². The second-order valence-electron chi connectivity index (χ2n) is 4.64. The van der Waals surface area contributed by atoms with Crippen molar-refractivity contribution in [3.8, 4) is 5.75 Å². The second-order valence-corrected chi connectivity index (χ2v) is 4.64. The number of nitrogens with zero attached hydrogens (tertiary/aromatic N) is 1. The SMILES string of the molecule is COc1cc(N)ccc1NC(=O)CCCN(C)CCO. The molecule has 20 heavy (non-hydrogen) atoms. The van der Waals surface area contributed by atoms with Crippen LogP contribution in [0.15, 0.2) is 18.2 Å². The Balaban J connectivity index is 2.42. The van der Waals surface area contributed by atoms with Gasteiger partial charge in [0.1, 0.15) is 5.75 Å². The van der Waals surface area contributed by atoms with Crippen molar-refractivity contribution in [2.45, 2.75) is 12.8 Å². The summed E-state index contributed by atoms with van der Waals surface area (Å²) in [6.45, 7) is 1.52. The molecule has 0 radical (unpaired) electrons. The van der Waals surface area contributed by atoms with Crippen LogP contribution in [0.4, 0.5) is 11.4 Å². The Morgan fingerprint density at radius 2 is 2.20 bits per heavy atom. The molecule has 0 bridgehead atoms. The first-order chi connectivity index (χ1) is 9.56. The monoisotopic (exact) mass is 281 g/mol. The first-order valence-corrected chi connectivity index (χ1v) is 6.59. The highest BCUT2D eigenvalue weighted by atomic mass is 16.5. The predicted octanol–water partition coefficient (Wildman–Crippen LogP) is 0.920. The number of carbonyl (C=O) groups is 1. The van der Waals surface area contributed by atoms with Crippen molar-refractivity contribution >= 4 is 17.3 Å². The van der Waals surface area contributed by atoms with Crippen molar-refractivity contribution in [3.05, 3.63) is 18.2 Å². The van der Waals surface area contributed by atoms with Crippen molar-refractivity contribution in [1.82, 2.24) is 4.90 Å². The largest absolute Gasteiger partial charge is 0.494 e. The number of methoxy groups -OCH3 is 1. The molecule has 0 spiro atoms. The molecule has 0 fully saturated rings. The molecule has 0 aromatic heterocycles. The average Bonchev–Trinajstić information content (AvgIpc) is 2.41. The number of rotatable bonds is 8. The number of benzene rings is 1. The molecule has 6 nitrogen and oxygen atoms in total. The topological polar surface area (TPSA) is 87.8 Å². The first-order valence-electron chi connectivity index (χ1n) is 6.59. The molecule has 6 heteroatoms. The molecule has 1 aromatic rings. The molecule has 0 atom stereocenters. The van der Waals surface area contributed by atoms with E-state index in [9.17, 15) is 4.79 Å². The van der Waals surface area contributed by atoms with Gasteiger partial charge in [-0.1, -0.05) is 0 Å². The third kappa shape index (κ3) is 5.46. The van der Waals surface area contributed by atoms with Gasteiger partial charge in [0.15, 0.2) is 0 Å². The molecule has 0 saturated heterocycles. The van der Waals surface area contributed by atoms with Gasteiger partial charge < -0.3 is 25.8 Å². The highest BCUT2D eigenvalue weighted by molar-refractivity contribution is 5.92. The minimum Gasteiger partial charge on any atom is -0.494 e. The fourth-order valence-electron chi connectivity index (χ4n) is 1.82. The molecule has 0 aliphatic carbocycles. The molecule has 112 valence electrons. The van der Waals surface area contributed by atoms with Crippen molar-refractivity contribution < 1.29 is 14.6 Å². The number of amides is 1. The number of likely N-dealkylation sites (N-methyl/N-ethyl adjacent to an activating group) is 1. The lowest BCUT2D eigenvalue weighted by Crippen LogP contribution is -2.24. The van der Waals surface area contributed by atoms with E-state index in [2.05, 4.69) is 5.32 Å². The van der Waals surface area contributed by atoms with Crippen molar-refractivity contribution in [3.63, 3.8) is 0 Å². The smallest absolute Gasteiger partial charge is 0.224 e. The quantitative estimate of drug-likeness (QED) is 0.617. The van der Waals surface area contributed by atoms with Gasteiger partial charge >= 0.3 is 0 Å². The molecule has 0 aliphatic rings. The van der Waals surface area contributed by atoms with E-state index in [-0.39, 0.29) is 12.5 Å². The van der Waals surface area contributed by atoms with E-state index in [1.54, 1.807) is 18.2 Å². The highest BCUT2D eigenvalue weighted by Gasteiger charge is 2.08. The lowest BCUT2D eigenvalue weighted by molar-refractivity contribution is -0.116. The number of aliphatic hydroxyl groups excluding tert-OH is 1. The zero-order valence-electron chi connectivity index (χ0n) is 12.1. The third-order valence-electron chi connectivity index (χ3n) is 2.93. The zero-order chi connectivity index (χ0) is 15.0. The summed E-state index contributed by atoms with van der Waals surface area (Å²) in [5.74, 6) is 0.487. The van der Waals surface area contributed by atoms with Crippen molar-refractivity contribution in [2.75, 3.05) is 44.9 Å². The fraction of sp³-hybridized carbons (Fsp3) is 0.500. The van der Waals surface area contributed by atoms with Crippen LogP contribution >= 0.6 is 0 Å². The second kappa shape index (κ2) is 8.39. The lowest BCUT2D eigenvalue weighted by atomic mass is 10.2. The highest BCUT2D eigenvalue weighted by Crippen LogP contribution is 2.26. The van der Waals surface area contributed by atoms with Gasteiger partial charge in [0.05, 0.1) is 19.4 Å². The minimum absolute atomic E-state index is 0.0644. The third-order valence-corrected chi connectivity index (χ3v) is 2.93. The first kappa shape index (κ1) is 16.3. The van der Waals surface area contributed by atoms with Crippen LogP contribution in [0.2, 0.25) is 0 Å². The van der Waals surface area contributed by atoms with Gasteiger partial charge in [-0.15, -0.1) is 0 Å². The molecule has 0 heterocycles. The van der Waals surface area contributed by atoms with E-state index >= 15 is 0 Å². The number of aliphatic hydroxyl groups is 1. The van der Waals surface area contributed by atoms with E-state index in [4.69, 9.17) is 15.6 Å². The van der Waals surface area contributed by atoms with E-state index < -0.39 is 0 Å². The van der Waals surface area contributed by atoms with E-state index in [0.717, 1.165) is 13.0 Å². The summed E-state index contributed by atoms with van der Waals surface area (Å²) < 4.78 is 5.17. The molecular weight excluding hydrogens is 258 g/mol. The van der Waals surface area contributed by atoms with Crippen molar-refractivity contribution in [2.24, 2.45) is 0 Å². The van der Waals surface area contributed by atoms with E-state index in [1.807, 2.05) is 11.9 Å². The Labute approximate surface area is 119 Å². The Morgan fingerprint density at radius 1 is 1.45 bits per heavy atom. The maximum Gasteiger partial charge on any atom is 0.224 e. The van der Waals surface area contributed by atoms with Gasteiger partial charge in [0.2, 0.25) is 5.91 Å². The van der Waals surface area contributed by atoms with Gasteiger partial charge in [-0.2, -0.15) is 0 Å². The molecule has 0 unspecified atom stereocenters. The van der Waals surface area contributed by atoms with E-state index in [1.165, 1.54) is 7.11 Å². The summed E-state index contributed by atoms with van der Waals surface area (Å²) in [5.41, 5.74) is 6.87. The number of nitrogens with two attached hydrogens (primary N) is 1. The number of hydrogen-bond donors (Lipinski definition) is 3. The van der Waals surface area contributed by atoms with Crippen LogP contribution < -0.4 is 15.8 Å². The number of carbonyl (C=O) groups excluding carboxylic acids is 1. The number of anilines is 2. The summed E-state index contributed by atoms with van der Waals surface area (Å²) in [6.07, 6.45) is 1.16. The van der Waals surface area contributed by atoms with Crippen LogP contribution in [0.3, 0.4) is 0 Å². The van der Waals surface area contributed by atoms with Crippen LogP contribution in [0.5, 0.6) is 5.75 Å². The molecule has 1 amide bonds. The van der Waals surface area contributed by atoms with Gasteiger partial charge in [0.25, 0.3) is 0 Å². The fourth-order valence-corrected chi connectivity index (χ4v) is 1.82. The Hall–Kier alpha value is -1.79. The molecular formula is C14H23N3O3. The summed E-state index contributed by atoms with van der Waals surface area (Å²) >= 11 is 0. The lowest BCUT2D eigenvalue weighted by Gasteiger charge is -2.15. The minimum atomic E-state index is -0.0644. The molecule has 4 N–H and O–H groups in total. The number of nitrogens with one attached hydrogen (secondary N) is 1. The Bertz CT molecular complexity index is 438. The average molecular weight is 281 g/mol. The van der Waals surface area contributed by atoms with E-state index in [0.29, 0.717) is 30.1 Å². The van der Waals surface area contributed by atoms with Gasteiger partial charge in [-0.25, -0.2) is 0 Å². The maximum absolute atomic E-state index is 11.8. The number of ether oxygens (including phenoxy) is 1. The predicted molar refractivity (Wildman–Crippen MR) is 79.9 cm³/mol. The zero-order valence-corrected chi connectivity index (χ0v) is 12.1. The standard InChI is InChI=1S/C14H23N3O3/c1-17(8-9-18)7-3-4-14(19)16-12-6-5-11(15)10-13(12)20-2/h5-6,10,18H,3-4,7-9,15H2,1-2H3,(H,16,19). The van der Waals surface area contributed by atoms with Gasteiger partial charge in [0, 0.05) is 24.7 Å². The van der Waals surface area contributed by atoms with Gasteiger partial charge in [-0.05, 0) is 32.1 Å². The van der Waals surface area contributed by atoms with Crippen LogP contribution in [0, 0.1) is 0 Å². The Kier molecular flexibility index (Phi) is 6.83.